The standard InChI is InChI=1S/C15H25N3/c1-13-6-5-9-15(17-13)12-18(2)11-10-16-14-7-3-4-8-14/h5-6,9,14,16H,3-4,7-8,10-12H2,1-2H3. The highest BCUT2D eigenvalue weighted by molar-refractivity contribution is 5.09. The van der Waals surface area contributed by atoms with Gasteiger partial charge in [0.15, 0.2) is 0 Å². The molecule has 1 aliphatic carbocycles. The fourth-order valence-electron chi connectivity index (χ4n) is 2.63. The van der Waals surface area contributed by atoms with Gasteiger partial charge in [-0.2, -0.15) is 0 Å². The van der Waals surface area contributed by atoms with Gasteiger partial charge in [-0.05, 0) is 38.9 Å². The van der Waals surface area contributed by atoms with Gasteiger partial charge in [0, 0.05) is 31.4 Å². The minimum Gasteiger partial charge on any atom is -0.313 e. The second-order valence-electron chi connectivity index (χ2n) is 5.44. The van der Waals surface area contributed by atoms with Crippen molar-refractivity contribution in [1.82, 2.24) is 15.2 Å². The average Bonchev–Trinajstić information content (AvgIpc) is 2.82. The summed E-state index contributed by atoms with van der Waals surface area (Å²) in [5.41, 5.74) is 2.27. The average molecular weight is 247 g/mol. The summed E-state index contributed by atoms with van der Waals surface area (Å²) in [6, 6.07) is 7.01. The highest BCUT2D eigenvalue weighted by atomic mass is 15.1. The Bertz CT molecular complexity index is 359. The summed E-state index contributed by atoms with van der Waals surface area (Å²) in [4.78, 5) is 6.87. The lowest BCUT2D eigenvalue weighted by molar-refractivity contribution is 0.313. The van der Waals surface area contributed by atoms with Crippen LogP contribution in [0.2, 0.25) is 0 Å². The molecule has 18 heavy (non-hydrogen) atoms. The molecule has 0 saturated heterocycles. The Morgan fingerprint density at radius 2 is 2.11 bits per heavy atom. The van der Waals surface area contributed by atoms with E-state index in [2.05, 4.69) is 34.4 Å². The molecule has 1 saturated carbocycles. The Balaban J connectivity index is 1.66. The summed E-state index contributed by atoms with van der Waals surface area (Å²) in [5, 5.41) is 3.65. The van der Waals surface area contributed by atoms with Gasteiger partial charge in [-0.15, -0.1) is 0 Å². The van der Waals surface area contributed by atoms with E-state index >= 15 is 0 Å². The van der Waals surface area contributed by atoms with Crippen LogP contribution in [0.4, 0.5) is 0 Å². The van der Waals surface area contributed by atoms with Gasteiger partial charge in [0.05, 0.1) is 5.69 Å². The van der Waals surface area contributed by atoms with Crippen LogP contribution in [0.1, 0.15) is 37.1 Å². The molecule has 1 N–H and O–H groups in total. The zero-order chi connectivity index (χ0) is 12.8. The number of aromatic nitrogens is 1. The lowest BCUT2D eigenvalue weighted by Crippen LogP contribution is -2.34. The van der Waals surface area contributed by atoms with Crippen molar-refractivity contribution in [1.29, 1.82) is 0 Å². The van der Waals surface area contributed by atoms with E-state index in [1.165, 1.54) is 31.4 Å². The Morgan fingerprint density at radius 3 is 2.83 bits per heavy atom. The molecule has 3 heteroatoms. The number of nitrogens with zero attached hydrogens (tertiary/aromatic N) is 2. The number of rotatable bonds is 6. The smallest absolute Gasteiger partial charge is 0.0547 e. The Labute approximate surface area is 111 Å². The van der Waals surface area contributed by atoms with Gasteiger partial charge in [0.25, 0.3) is 0 Å². The van der Waals surface area contributed by atoms with Crippen LogP contribution in [0.3, 0.4) is 0 Å². The third-order valence-electron chi connectivity index (χ3n) is 3.66. The molecule has 1 aliphatic rings. The first-order valence-electron chi connectivity index (χ1n) is 7.08. The van der Waals surface area contributed by atoms with Crippen LogP contribution in [0.15, 0.2) is 18.2 Å². The van der Waals surface area contributed by atoms with Crippen LogP contribution in [0, 0.1) is 6.92 Å². The van der Waals surface area contributed by atoms with E-state index in [0.717, 1.165) is 31.4 Å². The molecule has 0 atom stereocenters. The van der Waals surface area contributed by atoms with Crippen LogP contribution < -0.4 is 5.32 Å². The van der Waals surface area contributed by atoms with E-state index in [0.29, 0.717) is 0 Å². The summed E-state index contributed by atoms with van der Waals surface area (Å²) >= 11 is 0. The molecule has 1 aromatic heterocycles. The monoisotopic (exact) mass is 247 g/mol. The zero-order valence-corrected chi connectivity index (χ0v) is 11.7. The lowest BCUT2D eigenvalue weighted by Gasteiger charge is -2.18. The van der Waals surface area contributed by atoms with E-state index in [9.17, 15) is 0 Å². The van der Waals surface area contributed by atoms with Crippen molar-refractivity contribution in [3.63, 3.8) is 0 Å². The van der Waals surface area contributed by atoms with Gasteiger partial charge < -0.3 is 5.32 Å². The quantitative estimate of drug-likeness (QED) is 0.836. The molecule has 1 fully saturated rings. The molecular weight excluding hydrogens is 222 g/mol. The molecule has 0 aliphatic heterocycles. The molecule has 0 amide bonds. The predicted molar refractivity (Wildman–Crippen MR) is 75.6 cm³/mol. The van der Waals surface area contributed by atoms with Crippen LogP contribution in [0.25, 0.3) is 0 Å². The topological polar surface area (TPSA) is 28.2 Å². The molecule has 0 unspecified atom stereocenters. The van der Waals surface area contributed by atoms with E-state index in [-0.39, 0.29) is 0 Å². The second kappa shape index (κ2) is 6.86. The number of hydrogen-bond donors (Lipinski definition) is 1. The zero-order valence-electron chi connectivity index (χ0n) is 11.7. The van der Waals surface area contributed by atoms with Crippen molar-refractivity contribution in [2.24, 2.45) is 0 Å². The summed E-state index contributed by atoms with van der Waals surface area (Å²) in [6.45, 7) is 5.16. The molecule has 100 valence electrons. The Kier molecular flexibility index (Phi) is 5.14. The minimum atomic E-state index is 0.774. The van der Waals surface area contributed by atoms with E-state index in [1.807, 2.05) is 13.0 Å². The number of likely N-dealkylation sites (N-methyl/N-ethyl adjacent to an activating group) is 1. The van der Waals surface area contributed by atoms with Crippen LogP contribution in [-0.4, -0.2) is 36.1 Å². The molecule has 0 radical (unpaired) electrons. The molecule has 0 spiro atoms. The predicted octanol–water partition coefficient (Wildman–Crippen LogP) is 2.35. The van der Waals surface area contributed by atoms with E-state index in [4.69, 9.17) is 0 Å². The van der Waals surface area contributed by atoms with Gasteiger partial charge in [-0.1, -0.05) is 18.9 Å². The number of pyridine rings is 1. The molecule has 1 aromatic rings. The molecule has 2 rings (SSSR count). The normalized spacial score (nSPS) is 16.6. The maximum atomic E-state index is 4.54. The highest BCUT2D eigenvalue weighted by Gasteiger charge is 2.13. The first-order valence-corrected chi connectivity index (χ1v) is 7.08. The molecular formula is C15H25N3. The van der Waals surface area contributed by atoms with Crippen molar-refractivity contribution < 1.29 is 0 Å². The van der Waals surface area contributed by atoms with Crippen molar-refractivity contribution in [2.75, 3.05) is 20.1 Å². The SMILES string of the molecule is Cc1cccc(CN(C)CCNC2CCCC2)n1. The fraction of sp³-hybridized carbons (Fsp3) is 0.667. The van der Waals surface area contributed by atoms with Crippen molar-refractivity contribution in [3.05, 3.63) is 29.6 Å². The number of hydrogen-bond acceptors (Lipinski definition) is 3. The summed E-state index contributed by atoms with van der Waals surface area (Å²) < 4.78 is 0. The van der Waals surface area contributed by atoms with E-state index in [1.54, 1.807) is 0 Å². The van der Waals surface area contributed by atoms with Gasteiger partial charge >= 0.3 is 0 Å². The van der Waals surface area contributed by atoms with Crippen LogP contribution in [0.5, 0.6) is 0 Å². The maximum absolute atomic E-state index is 4.54. The first kappa shape index (κ1) is 13.5. The van der Waals surface area contributed by atoms with Gasteiger partial charge in [-0.25, -0.2) is 0 Å². The third kappa shape index (κ3) is 4.39. The van der Waals surface area contributed by atoms with Crippen LogP contribution >= 0.6 is 0 Å². The van der Waals surface area contributed by atoms with E-state index < -0.39 is 0 Å². The molecule has 0 bridgehead atoms. The van der Waals surface area contributed by atoms with Gasteiger partial charge in [-0.3, -0.25) is 9.88 Å². The summed E-state index contributed by atoms with van der Waals surface area (Å²) in [7, 11) is 2.17. The molecule has 3 nitrogen and oxygen atoms in total. The highest BCUT2D eigenvalue weighted by Crippen LogP contribution is 2.17. The first-order chi connectivity index (χ1) is 8.74. The largest absolute Gasteiger partial charge is 0.313 e. The summed E-state index contributed by atoms with van der Waals surface area (Å²) in [6.07, 6.45) is 5.54. The molecule has 1 heterocycles. The lowest BCUT2D eigenvalue weighted by atomic mass is 10.2. The van der Waals surface area contributed by atoms with Crippen molar-refractivity contribution >= 4 is 0 Å². The van der Waals surface area contributed by atoms with Crippen LogP contribution in [-0.2, 0) is 6.54 Å². The Hall–Kier alpha value is -0.930. The minimum absolute atomic E-state index is 0.774. The maximum Gasteiger partial charge on any atom is 0.0547 e. The van der Waals surface area contributed by atoms with Crippen molar-refractivity contribution in [3.8, 4) is 0 Å². The second-order valence-corrected chi connectivity index (χ2v) is 5.44. The number of nitrogens with one attached hydrogen (secondary N) is 1. The molecule has 0 aromatic carbocycles. The number of aryl methyl sites for hydroxylation is 1. The van der Waals surface area contributed by atoms with Crippen molar-refractivity contribution in [2.45, 2.75) is 45.2 Å². The van der Waals surface area contributed by atoms with Gasteiger partial charge in [0.1, 0.15) is 0 Å². The fourth-order valence-corrected chi connectivity index (χ4v) is 2.63. The summed E-state index contributed by atoms with van der Waals surface area (Å²) in [5.74, 6) is 0. The third-order valence-corrected chi connectivity index (χ3v) is 3.66. The van der Waals surface area contributed by atoms with Gasteiger partial charge in [0.2, 0.25) is 0 Å². The Morgan fingerprint density at radius 1 is 1.33 bits per heavy atom.